The Hall–Kier alpha value is -2.60. The first kappa shape index (κ1) is 13.4. The van der Waals surface area contributed by atoms with E-state index in [0.29, 0.717) is 10.7 Å². The molecule has 0 spiro atoms. The van der Waals surface area contributed by atoms with E-state index in [1.54, 1.807) is 23.0 Å². The Balaban J connectivity index is 1.88. The lowest BCUT2D eigenvalue weighted by Gasteiger charge is -2.06. The summed E-state index contributed by atoms with van der Waals surface area (Å²) in [5.74, 6) is -0.350. The Labute approximate surface area is 125 Å². The van der Waals surface area contributed by atoms with E-state index in [4.69, 9.17) is 16.0 Å². The fourth-order valence-electron chi connectivity index (χ4n) is 1.91. The van der Waals surface area contributed by atoms with Crippen molar-refractivity contribution in [2.75, 3.05) is 5.32 Å². The molecule has 6 nitrogen and oxygen atoms in total. The van der Waals surface area contributed by atoms with Crippen molar-refractivity contribution < 1.29 is 9.21 Å². The molecule has 7 heteroatoms. The molecule has 1 N–H and O–H groups in total. The number of aromatic nitrogens is 3. The molecule has 3 rings (SSSR count). The van der Waals surface area contributed by atoms with Crippen molar-refractivity contribution in [2.24, 2.45) is 0 Å². The van der Waals surface area contributed by atoms with Crippen LogP contribution < -0.4 is 5.32 Å². The Morgan fingerprint density at radius 2 is 2.29 bits per heavy atom. The van der Waals surface area contributed by atoms with E-state index < -0.39 is 0 Å². The quantitative estimate of drug-likeness (QED) is 0.807. The van der Waals surface area contributed by atoms with E-state index in [9.17, 15) is 4.79 Å². The second kappa shape index (κ2) is 5.41. The Bertz CT molecular complexity index is 780. The molecule has 106 valence electrons. The number of anilines is 1. The fourth-order valence-corrected chi connectivity index (χ4v) is 2.10. The highest BCUT2D eigenvalue weighted by atomic mass is 35.5. The summed E-state index contributed by atoms with van der Waals surface area (Å²) < 4.78 is 6.48. The summed E-state index contributed by atoms with van der Waals surface area (Å²) in [6.45, 7) is 1.85. The van der Waals surface area contributed by atoms with Gasteiger partial charge in [0, 0.05) is 5.02 Å². The van der Waals surface area contributed by atoms with Gasteiger partial charge in [-0.05, 0) is 25.1 Å². The van der Waals surface area contributed by atoms with Gasteiger partial charge in [0.25, 0.3) is 5.91 Å². The Morgan fingerprint density at radius 1 is 1.43 bits per heavy atom. The number of benzene rings is 1. The summed E-state index contributed by atoms with van der Waals surface area (Å²) in [6, 6.07) is 7.31. The second-order valence-electron chi connectivity index (χ2n) is 4.36. The average molecular weight is 303 g/mol. The van der Waals surface area contributed by atoms with Crippen LogP contribution in [0.1, 0.15) is 16.2 Å². The van der Waals surface area contributed by atoms with E-state index >= 15 is 0 Å². The van der Waals surface area contributed by atoms with Crippen molar-refractivity contribution in [3.63, 3.8) is 0 Å². The zero-order chi connectivity index (χ0) is 14.8. The van der Waals surface area contributed by atoms with Gasteiger partial charge in [-0.25, -0.2) is 9.67 Å². The lowest BCUT2D eigenvalue weighted by atomic mass is 10.3. The molecule has 1 amide bonds. The smallest absolute Gasteiger partial charge is 0.277 e. The van der Waals surface area contributed by atoms with Crippen LogP contribution in [0.5, 0.6) is 0 Å². The maximum atomic E-state index is 11.9. The van der Waals surface area contributed by atoms with Crippen molar-refractivity contribution in [3.8, 4) is 5.69 Å². The molecule has 0 saturated carbocycles. The van der Waals surface area contributed by atoms with Gasteiger partial charge in [-0.2, -0.15) is 5.10 Å². The van der Waals surface area contributed by atoms with Gasteiger partial charge >= 0.3 is 0 Å². The van der Waals surface area contributed by atoms with E-state index in [0.717, 1.165) is 11.4 Å². The van der Waals surface area contributed by atoms with Crippen LogP contribution in [0, 0.1) is 6.92 Å². The zero-order valence-corrected chi connectivity index (χ0v) is 11.8. The highest BCUT2D eigenvalue weighted by Gasteiger charge is 2.14. The molecular weight excluding hydrogens is 292 g/mol. The van der Waals surface area contributed by atoms with Gasteiger partial charge in [0.15, 0.2) is 12.1 Å². The first-order chi connectivity index (χ1) is 10.1. The van der Waals surface area contributed by atoms with Crippen LogP contribution in [0.2, 0.25) is 5.02 Å². The molecule has 21 heavy (non-hydrogen) atoms. The number of nitrogens with zero attached hydrogens (tertiary/aromatic N) is 3. The minimum atomic E-state index is -0.350. The maximum absolute atomic E-state index is 11.9. The maximum Gasteiger partial charge on any atom is 0.277 e. The van der Waals surface area contributed by atoms with Crippen LogP contribution in [0.15, 0.2) is 47.5 Å². The van der Waals surface area contributed by atoms with Crippen molar-refractivity contribution in [3.05, 3.63) is 59.5 Å². The summed E-state index contributed by atoms with van der Waals surface area (Å²) in [6.07, 6.45) is 4.07. The van der Waals surface area contributed by atoms with E-state index in [1.165, 1.54) is 12.7 Å². The molecule has 0 aliphatic rings. The lowest BCUT2D eigenvalue weighted by molar-refractivity contribution is 0.102. The Kier molecular flexibility index (Phi) is 3.45. The van der Waals surface area contributed by atoms with Crippen molar-refractivity contribution in [1.29, 1.82) is 0 Å². The zero-order valence-electron chi connectivity index (χ0n) is 11.1. The van der Waals surface area contributed by atoms with Gasteiger partial charge in [-0.3, -0.25) is 4.79 Å². The molecule has 0 fully saturated rings. The summed E-state index contributed by atoms with van der Waals surface area (Å²) in [5, 5.41) is 7.62. The number of oxazole rings is 1. The third-order valence-electron chi connectivity index (χ3n) is 2.98. The molecule has 0 bridgehead atoms. The first-order valence-corrected chi connectivity index (χ1v) is 6.53. The van der Waals surface area contributed by atoms with E-state index in [-0.39, 0.29) is 11.6 Å². The van der Waals surface area contributed by atoms with Crippen LogP contribution in [-0.2, 0) is 0 Å². The molecule has 3 aromatic rings. The number of amides is 1. The largest absolute Gasteiger partial charge is 0.451 e. The van der Waals surface area contributed by atoms with E-state index in [1.807, 2.05) is 19.1 Å². The number of rotatable bonds is 3. The van der Waals surface area contributed by atoms with Crippen LogP contribution in [0.25, 0.3) is 5.69 Å². The van der Waals surface area contributed by atoms with Crippen LogP contribution in [-0.4, -0.2) is 20.7 Å². The van der Waals surface area contributed by atoms with Crippen LogP contribution in [0.4, 0.5) is 5.69 Å². The molecule has 0 radical (unpaired) electrons. The summed E-state index contributed by atoms with van der Waals surface area (Å²) >= 11 is 5.98. The van der Waals surface area contributed by atoms with E-state index in [2.05, 4.69) is 15.4 Å². The van der Waals surface area contributed by atoms with Gasteiger partial charge in [0.05, 0.1) is 23.3 Å². The summed E-state index contributed by atoms with van der Waals surface area (Å²) in [7, 11) is 0. The topological polar surface area (TPSA) is 73.0 Å². The molecule has 2 heterocycles. The number of carbonyl (C=O) groups is 1. The first-order valence-electron chi connectivity index (χ1n) is 6.15. The molecular formula is C14H11ClN4O2. The van der Waals surface area contributed by atoms with Gasteiger partial charge in [-0.15, -0.1) is 0 Å². The van der Waals surface area contributed by atoms with Crippen molar-refractivity contribution in [2.45, 2.75) is 6.92 Å². The molecule has 1 aromatic carbocycles. The van der Waals surface area contributed by atoms with Gasteiger partial charge in [0.1, 0.15) is 6.26 Å². The van der Waals surface area contributed by atoms with Crippen LogP contribution in [0.3, 0.4) is 0 Å². The molecule has 0 aliphatic heterocycles. The van der Waals surface area contributed by atoms with Crippen LogP contribution >= 0.6 is 11.6 Å². The lowest BCUT2D eigenvalue weighted by Crippen LogP contribution is -2.12. The third-order valence-corrected chi connectivity index (χ3v) is 3.21. The number of hydrogen-bond donors (Lipinski definition) is 1. The number of hydrogen-bond acceptors (Lipinski definition) is 4. The van der Waals surface area contributed by atoms with Gasteiger partial charge in [-0.1, -0.05) is 17.7 Å². The molecule has 0 unspecified atom stereocenters. The highest BCUT2D eigenvalue weighted by Crippen LogP contribution is 2.21. The summed E-state index contributed by atoms with van der Waals surface area (Å²) in [5.41, 5.74) is 2.42. The highest BCUT2D eigenvalue weighted by molar-refractivity contribution is 6.30. The average Bonchev–Trinajstić information content (AvgIpc) is 3.10. The Morgan fingerprint density at radius 3 is 3.00 bits per heavy atom. The number of halogens is 1. The number of nitrogens with one attached hydrogen (secondary N) is 1. The molecule has 0 saturated heterocycles. The standard InChI is InChI=1S/C14H11ClN4O2/c1-9-12(18-14(20)13-7-21-8-16-13)6-17-19(9)11-4-2-3-10(15)5-11/h2-8H,1H3,(H,18,20). The molecule has 0 atom stereocenters. The predicted molar refractivity (Wildman–Crippen MR) is 77.8 cm³/mol. The second-order valence-corrected chi connectivity index (χ2v) is 4.80. The van der Waals surface area contributed by atoms with Gasteiger partial charge < -0.3 is 9.73 Å². The summed E-state index contributed by atoms with van der Waals surface area (Å²) in [4.78, 5) is 15.7. The molecule has 2 aromatic heterocycles. The normalized spacial score (nSPS) is 10.6. The monoisotopic (exact) mass is 302 g/mol. The number of carbonyl (C=O) groups excluding carboxylic acids is 1. The SMILES string of the molecule is Cc1c(NC(=O)c2cocn2)cnn1-c1cccc(Cl)c1. The minimum Gasteiger partial charge on any atom is -0.451 e. The minimum absolute atomic E-state index is 0.213. The fraction of sp³-hybridized carbons (Fsp3) is 0.0714. The van der Waals surface area contributed by atoms with Gasteiger partial charge in [0.2, 0.25) is 0 Å². The van der Waals surface area contributed by atoms with Crippen molar-refractivity contribution in [1.82, 2.24) is 14.8 Å². The third kappa shape index (κ3) is 2.66. The predicted octanol–water partition coefficient (Wildman–Crippen LogP) is 3.07. The molecule has 0 aliphatic carbocycles. The van der Waals surface area contributed by atoms with Crippen molar-refractivity contribution >= 4 is 23.2 Å².